The topological polar surface area (TPSA) is 54.0 Å². The number of pyridine rings is 1. The number of aryl methyl sites for hydroxylation is 1. The number of hydrogen-bond acceptors (Lipinski definition) is 4. The van der Waals surface area contributed by atoms with E-state index < -0.39 is 0 Å². The average molecular weight is 293 g/mol. The van der Waals surface area contributed by atoms with Crippen molar-refractivity contribution < 1.29 is 4.79 Å². The van der Waals surface area contributed by atoms with Gasteiger partial charge in [-0.05, 0) is 39.0 Å². The van der Waals surface area contributed by atoms with Crippen LogP contribution < -0.4 is 10.6 Å². The van der Waals surface area contributed by atoms with Crippen molar-refractivity contribution in [3.8, 4) is 0 Å². The van der Waals surface area contributed by atoms with Gasteiger partial charge in [0.05, 0.1) is 11.3 Å². The van der Waals surface area contributed by atoms with Gasteiger partial charge in [-0.2, -0.15) is 11.8 Å². The fourth-order valence-electron chi connectivity index (χ4n) is 2.44. The van der Waals surface area contributed by atoms with Crippen LogP contribution in [0.4, 0.5) is 5.69 Å². The molecule has 2 N–H and O–H groups in total. The van der Waals surface area contributed by atoms with Crippen molar-refractivity contribution in [3.63, 3.8) is 0 Å². The highest BCUT2D eigenvalue weighted by Crippen LogP contribution is 2.42. The van der Waals surface area contributed by atoms with Crippen LogP contribution in [0.2, 0.25) is 0 Å². The van der Waals surface area contributed by atoms with E-state index in [4.69, 9.17) is 0 Å². The first kappa shape index (κ1) is 15.2. The Bertz CT molecular complexity index is 480. The Morgan fingerprint density at radius 3 is 2.80 bits per heavy atom. The molecular formula is C15H23N3OS. The molecule has 20 heavy (non-hydrogen) atoms. The first-order valence-corrected chi connectivity index (χ1v) is 8.36. The molecule has 1 saturated carbocycles. The highest BCUT2D eigenvalue weighted by atomic mass is 32.2. The lowest BCUT2D eigenvalue weighted by Crippen LogP contribution is -2.45. The van der Waals surface area contributed by atoms with E-state index in [0.29, 0.717) is 5.56 Å². The highest BCUT2D eigenvalue weighted by molar-refractivity contribution is 8.00. The Kier molecular flexibility index (Phi) is 4.91. The predicted octanol–water partition coefficient (Wildman–Crippen LogP) is 2.84. The second-order valence-electron chi connectivity index (χ2n) is 5.32. The van der Waals surface area contributed by atoms with E-state index in [0.717, 1.165) is 24.5 Å². The molecule has 2 rings (SSSR count). The summed E-state index contributed by atoms with van der Waals surface area (Å²) in [6, 6.07) is 1.92. The summed E-state index contributed by atoms with van der Waals surface area (Å²) in [6.45, 7) is 5.49. The molecule has 110 valence electrons. The molecule has 1 fully saturated rings. The highest BCUT2D eigenvalue weighted by Gasteiger charge is 2.36. The number of nitrogens with zero attached hydrogens (tertiary/aromatic N) is 1. The first-order chi connectivity index (χ1) is 9.60. The van der Waals surface area contributed by atoms with Crippen molar-refractivity contribution in [2.24, 2.45) is 0 Å². The normalized spacial score (nSPS) is 16.4. The van der Waals surface area contributed by atoms with E-state index >= 15 is 0 Å². The van der Waals surface area contributed by atoms with Crippen LogP contribution in [0.15, 0.2) is 12.3 Å². The largest absolute Gasteiger partial charge is 0.385 e. The quantitative estimate of drug-likeness (QED) is 0.847. The van der Waals surface area contributed by atoms with Crippen LogP contribution in [0.3, 0.4) is 0 Å². The molecule has 4 nitrogen and oxygen atoms in total. The maximum absolute atomic E-state index is 12.4. The molecule has 1 heterocycles. The van der Waals surface area contributed by atoms with Crippen LogP contribution in [0, 0.1) is 6.92 Å². The fraction of sp³-hybridized carbons (Fsp3) is 0.600. The van der Waals surface area contributed by atoms with Crippen LogP contribution in [0.25, 0.3) is 0 Å². The second-order valence-corrected chi connectivity index (χ2v) is 6.60. The Morgan fingerprint density at radius 1 is 1.50 bits per heavy atom. The number of hydrogen-bond donors (Lipinski definition) is 2. The van der Waals surface area contributed by atoms with Gasteiger partial charge in [0.25, 0.3) is 5.91 Å². The van der Waals surface area contributed by atoms with Crippen molar-refractivity contribution in [3.05, 3.63) is 23.5 Å². The number of nitrogens with one attached hydrogen (secondary N) is 2. The van der Waals surface area contributed by atoms with Crippen LogP contribution in [-0.2, 0) is 0 Å². The molecule has 0 bridgehead atoms. The van der Waals surface area contributed by atoms with Gasteiger partial charge in [0.2, 0.25) is 0 Å². The Labute approximate surface area is 125 Å². The third-order valence-corrected chi connectivity index (χ3v) is 5.34. The molecule has 5 heteroatoms. The minimum Gasteiger partial charge on any atom is -0.385 e. The number of carbonyl (C=O) groups is 1. The zero-order valence-corrected chi connectivity index (χ0v) is 13.3. The second kappa shape index (κ2) is 6.48. The molecule has 0 atom stereocenters. The molecule has 1 aliphatic rings. The molecule has 0 unspecified atom stereocenters. The Hall–Kier alpha value is -1.23. The average Bonchev–Trinajstić information content (AvgIpc) is 2.38. The van der Waals surface area contributed by atoms with Gasteiger partial charge in [0, 0.05) is 29.7 Å². The molecular weight excluding hydrogens is 270 g/mol. The lowest BCUT2D eigenvalue weighted by Gasteiger charge is -2.40. The Morgan fingerprint density at radius 2 is 2.25 bits per heavy atom. The molecule has 1 aromatic rings. The summed E-state index contributed by atoms with van der Waals surface area (Å²) < 4.78 is 0.256. The third kappa shape index (κ3) is 3.26. The van der Waals surface area contributed by atoms with Gasteiger partial charge in [0.1, 0.15) is 0 Å². The van der Waals surface area contributed by atoms with Gasteiger partial charge in [-0.1, -0.05) is 6.42 Å². The van der Waals surface area contributed by atoms with Crippen molar-refractivity contribution in [2.45, 2.75) is 37.9 Å². The Balaban J connectivity index is 2.05. The first-order valence-electron chi connectivity index (χ1n) is 7.14. The van der Waals surface area contributed by atoms with Crippen LogP contribution in [0.5, 0.6) is 0 Å². The molecule has 0 radical (unpaired) electrons. The SMILES string of the molecule is CCNc1cc(C)ncc1C(=O)NCC1(SC)CCC1. The van der Waals surface area contributed by atoms with Crippen LogP contribution >= 0.6 is 11.8 Å². The summed E-state index contributed by atoms with van der Waals surface area (Å²) in [5.74, 6) is -0.0335. The zero-order valence-electron chi connectivity index (χ0n) is 12.5. The smallest absolute Gasteiger partial charge is 0.255 e. The summed E-state index contributed by atoms with van der Waals surface area (Å²) >= 11 is 1.87. The molecule has 0 aromatic carbocycles. The summed E-state index contributed by atoms with van der Waals surface area (Å²) in [6.07, 6.45) is 7.45. The van der Waals surface area contributed by atoms with Crippen LogP contribution in [0.1, 0.15) is 42.2 Å². The minimum atomic E-state index is -0.0335. The van der Waals surface area contributed by atoms with Crippen molar-refractivity contribution >= 4 is 23.4 Å². The lowest BCUT2D eigenvalue weighted by molar-refractivity contribution is 0.0944. The van der Waals surface area contributed by atoms with E-state index in [9.17, 15) is 4.79 Å². The zero-order chi connectivity index (χ0) is 14.6. The molecule has 0 spiro atoms. The predicted molar refractivity (Wildman–Crippen MR) is 85.6 cm³/mol. The number of anilines is 1. The van der Waals surface area contributed by atoms with Crippen molar-refractivity contribution in [2.75, 3.05) is 24.7 Å². The van der Waals surface area contributed by atoms with E-state index in [1.54, 1.807) is 6.20 Å². The van der Waals surface area contributed by atoms with Gasteiger partial charge in [0.15, 0.2) is 0 Å². The summed E-state index contributed by atoms with van der Waals surface area (Å²) in [4.78, 5) is 16.6. The van der Waals surface area contributed by atoms with Crippen molar-refractivity contribution in [1.29, 1.82) is 0 Å². The number of amides is 1. The lowest BCUT2D eigenvalue weighted by atomic mass is 9.84. The van der Waals surface area contributed by atoms with Gasteiger partial charge in [-0.15, -0.1) is 0 Å². The minimum absolute atomic E-state index is 0.0335. The fourth-order valence-corrected chi connectivity index (χ4v) is 3.35. The van der Waals surface area contributed by atoms with Gasteiger partial charge >= 0.3 is 0 Å². The summed E-state index contributed by atoms with van der Waals surface area (Å²) in [5, 5.41) is 6.30. The maximum Gasteiger partial charge on any atom is 0.255 e. The third-order valence-electron chi connectivity index (χ3n) is 3.92. The maximum atomic E-state index is 12.4. The van der Waals surface area contributed by atoms with Crippen LogP contribution in [-0.4, -0.2) is 35.0 Å². The summed E-state index contributed by atoms with van der Waals surface area (Å²) in [5.41, 5.74) is 2.41. The number of rotatable bonds is 6. The number of aromatic nitrogens is 1. The van der Waals surface area contributed by atoms with E-state index in [-0.39, 0.29) is 10.7 Å². The molecule has 0 aliphatic heterocycles. The molecule has 1 aromatic heterocycles. The molecule has 1 amide bonds. The van der Waals surface area contributed by atoms with Gasteiger partial charge in [-0.25, -0.2) is 0 Å². The monoisotopic (exact) mass is 293 g/mol. The van der Waals surface area contributed by atoms with Gasteiger partial charge in [-0.3, -0.25) is 9.78 Å². The van der Waals surface area contributed by atoms with Gasteiger partial charge < -0.3 is 10.6 Å². The van der Waals surface area contributed by atoms with E-state index in [1.807, 2.05) is 31.7 Å². The van der Waals surface area contributed by atoms with E-state index in [2.05, 4.69) is 21.9 Å². The standard InChI is InChI=1S/C15H23N3OS/c1-4-16-13-8-11(2)17-9-12(13)14(19)18-10-15(20-3)6-5-7-15/h8-9H,4-7,10H2,1-3H3,(H,16,17)(H,18,19). The molecule has 0 saturated heterocycles. The van der Waals surface area contributed by atoms with E-state index in [1.165, 1.54) is 19.3 Å². The molecule has 1 aliphatic carbocycles. The van der Waals surface area contributed by atoms with Crippen molar-refractivity contribution in [1.82, 2.24) is 10.3 Å². The number of carbonyl (C=O) groups excluding carboxylic acids is 1. The summed E-state index contributed by atoms with van der Waals surface area (Å²) in [7, 11) is 0. The number of thioether (sulfide) groups is 1.